The number of hydrogen-bond acceptors (Lipinski definition) is 3. The van der Waals surface area contributed by atoms with Crippen molar-refractivity contribution in [3.05, 3.63) is 35.1 Å². The zero-order valence-electron chi connectivity index (χ0n) is 14.1. The largest absolute Gasteiger partial charge is 0.443 e. The van der Waals surface area contributed by atoms with E-state index < -0.39 is 5.60 Å². The number of hydrogen-bond donors (Lipinski definition) is 1. The monoisotopic (exact) mass is 292 g/mol. The molecule has 0 saturated heterocycles. The number of carbonyl (C=O) groups is 1. The first-order valence-corrected chi connectivity index (χ1v) is 7.52. The number of amides is 1. The van der Waals surface area contributed by atoms with Crippen LogP contribution in [0.4, 0.5) is 4.79 Å². The normalized spacial score (nSPS) is 16.5. The van der Waals surface area contributed by atoms with E-state index in [0.29, 0.717) is 6.54 Å². The minimum atomic E-state index is -0.472. The summed E-state index contributed by atoms with van der Waals surface area (Å²) in [6.45, 7) is 11.2. The summed E-state index contributed by atoms with van der Waals surface area (Å²) >= 11 is 0. The van der Waals surface area contributed by atoms with Gasteiger partial charge in [0.15, 0.2) is 0 Å². The zero-order chi connectivity index (χ0) is 16.0. The fourth-order valence-electron chi connectivity index (χ4n) is 2.09. The van der Waals surface area contributed by atoms with Gasteiger partial charge in [-0.05, 0) is 52.3 Å². The third kappa shape index (κ3) is 5.05. The molecule has 118 valence electrons. The topological polar surface area (TPSA) is 41.6 Å². The second kappa shape index (κ2) is 7.46. The fourth-order valence-corrected chi connectivity index (χ4v) is 2.09. The summed E-state index contributed by atoms with van der Waals surface area (Å²) in [4.78, 5) is 14.0. The van der Waals surface area contributed by atoms with Crippen molar-refractivity contribution in [1.29, 1.82) is 0 Å². The Kier molecular flexibility index (Phi) is 6.21. The second-order valence-electron chi connectivity index (χ2n) is 6.20. The van der Waals surface area contributed by atoms with Crippen molar-refractivity contribution < 1.29 is 9.53 Å². The first-order chi connectivity index (χ1) is 9.80. The Morgan fingerprint density at radius 3 is 2.62 bits per heavy atom. The molecule has 4 nitrogen and oxygen atoms in total. The highest BCUT2D eigenvalue weighted by Gasteiger charge is 2.33. The van der Waals surface area contributed by atoms with Gasteiger partial charge in [0.25, 0.3) is 0 Å². The van der Waals surface area contributed by atoms with Crippen molar-refractivity contribution >= 4 is 6.09 Å². The summed E-state index contributed by atoms with van der Waals surface area (Å²) in [7, 11) is 1.91. The average molecular weight is 292 g/mol. The molecule has 1 aliphatic heterocycles. The molecule has 4 heteroatoms. The van der Waals surface area contributed by atoms with Crippen LogP contribution in [0.25, 0.3) is 0 Å². The molecule has 0 bridgehead atoms. The van der Waals surface area contributed by atoms with Crippen molar-refractivity contribution in [3.63, 3.8) is 0 Å². The fraction of sp³-hybridized carbons (Fsp3) is 0.588. The molecule has 1 heterocycles. The molecule has 0 aliphatic carbocycles. The lowest BCUT2D eigenvalue weighted by atomic mass is 9.97. The first-order valence-electron chi connectivity index (χ1n) is 7.52. The predicted molar refractivity (Wildman–Crippen MR) is 87.1 cm³/mol. The van der Waals surface area contributed by atoms with Crippen molar-refractivity contribution in [2.24, 2.45) is 0 Å². The number of ether oxygens (including phenoxy) is 1. The van der Waals surface area contributed by atoms with Crippen molar-refractivity contribution in [3.8, 4) is 0 Å². The third-order valence-corrected chi connectivity index (χ3v) is 3.06. The second-order valence-corrected chi connectivity index (χ2v) is 6.20. The summed E-state index contributed by atoms with van der Waals surface area (Å²) in [6.07, 6.45) is 7.03. The molecule has 21 heavy (non-hydrogen) atoms. The van der Waals surface area contributed by atoms with Crippen molar-refractivity contribution in [2.75, 3.05) is 20.1 Å². The number of allylic oxidation sites excluding steroid dienone is 2. The van der Waals surface area contributed by atoms with Gasteiger partial charge in [0.1, 0.15) is 5.60 Å². The number of carbonyl (C=O) groups excluding carboxylic acids is 1. The van der Waals surface area contributed by atoms with Crippen LogP contribution in [0.5, 0.6) is 0 Å². The molecule has 1 aliphatic rings. The van der Waals surface area contributed by atoms with E-state index >= 15 is 0 Å². The third-order valence-electron chi connectivity index (χ3n) is 3.06. The van der Waals surface area contributed by atoms with Gasteiger partial charge in [0.2, 0.25) is 0 Å². The molecule has 0 aromatic carbocycles. The molecule has 0 unspecified atom stereocenters. The van der Waals surface area contributed by atoms with E-state index in [1.807, 2.05) is 34.7 Å². The summed E-state index contributed by atoms with van der Waals surface area (Å²) < 4.78 is 5.47. The van der Waals surface area contributed by atoms with Gasteiger partial charge in [-0.25, -0.2) is 4.79 Å². The molecule has 1 amide bonds. The highest BCUT2D eigenvalue weighted by Crippen LogP contribution is 2.32. The minimum absolute atomic E-state index is 0.275. The van der Waals surface area contributed by atoms with Crippen LogP contribution in [0, 0.1) is 0 Å². The van der Waals surface area contributed by atoms with E-state index in [4.69, 9.17) is 4.74 Å². The zero-order valence-corrected chi connectivity index (χ0v) is 14.1. The first kappa shape index (κ1) is 17.5. The maximum absolute atomic E-state index is 12.3. The molecular formula is C17H28N2O2. The molecule has 0 atom stereocenters. The van der Waals surface area contributed by atoms with Crippen molar-refractivity contribution in [2.45, 2.75) is 46.6 Å². The Balaban J connectivity index is 2.95. The number of nitrogens with one attached hydrogen (secondary N) is 1. The molecule has 1 N–H and O–H groups in total. The van der Waals surface area contributed by atoms with Gasteiger partial charge in [-0.15, -0.1) is 0 Å². The van der Waals surface area contributed by atoms with Crippen LogP contribution in [0.1, 0.15) is 41.0 Å². The molecule has 0 spiro atoms. The van der Waals surface area contributed by atoms with Gasteiger partial charge in [0.05, 0.1) is 12.2 Å². The maximum Gasteiger partial charge on any atom is 0.415 e. The maximum atomic E-state index is 12.3. The van der Waals surface area contributed by atoms with E-state index in [9.17, 15) is 4.79 Å². The van der Waals surface area contributed by atoms with E-state index in [0.717, 1.165) is 24.2 Å². The summed E-state index contributed by atoms with van der Waals surface area (Å²) in [6, 6.07) is 0. The summed E-state index contributed by atoms with van der Waals surface area (Å²) in [5.41, 5.74) is 2.79. The molecule has 0 fully saturated rings. The van der Waals surface area contributed by atoms with Crippen LogP contribution in [0.3, 0.4) is 0 Å². The standard InChI is InChI=1S/C17H28N2O2/c1-7-8-9-14-12-19(16(20)21-17(3,4)5)15(14)13(2)10-11-18-6/h8-10,18H,7,11-12H2,1-6H3/b9-8-,13-10+. The van der Waals surface area contributed by atoms with Crippen LogP contribution in [-0.2, 0) is 4.74 Å². The highest BCUT2D eigenvalue weighted by molar-refractivity contribution is 5.76. The van der Waals surface area contributed by atoms with Crippen LogP contribution < -0.4 is 5.32 Å². The van der Waals surface area contributed by atoms with E-state index in [1.54, 1.807) is 4.90 Å². The quantitative estimate of drug-likeness (QED) is 0.841. The Labute approximate surface area is 128 Å². The van der Waals surface area contributed by atoms with Crippen LogP contribution >= 0.6 is 0 Å². The SMILES string of the molecule is CC/C=C\C1=C(C(/C)=C/CNC)N(C(=O)OC(C)(C)C)C1. The molecule has 0 radical (unpaired) electrons. The Morgan fingerprint density at radius 2 is 2.10 bits per heavy atom. The Hall–Kier alpha value is -1.55. The molecule has 0 aromatic heterocycles. The van der Waals surface area contributed by atoms with Gasteiger partial charge in [-0.3, -0.25) is 4.90 Å². The van der Waals surface area contributed by atoms with Crippen LogP contribution in [0.15, 0.2) is 35.1 Å². The van der Waals surface area contributed by atoms with Gasteiger partial charge in [0, 0.05) is 6.54 Å². The van der Waals surface area contributed by atoms with Gasteiger partial charge in [-0.1, -0.05) is 25.2 Å². The van der Waals surface area contributed by atoms with E-state index in [-0.39, 0.29) is 6.09 Å². The summed E-state index contributed by atoms with van der Waals surface area (Å²) in [5, 5.41) is 3.09. The van der Waals surface area contributed by atoms with Crippen molar-refractivity contribution in [1.82, 2.24) is 10.2 Å². The van der Waals surface area contributed by atoms with Gasteiger partial charge in [-0.2, -0.15) is 0 Å². The lowest BCUT2D eigenvalue weighted by molar-refractivity contribution is 0.0297. The smallest absolute Gasteiger partial charge is 0.415 e. The predicted octanol–water partition coefficient (Wildman–Crippen LogP) is 3.62. The van der Waals surface area contributed by atoms with E-state index in [2.05, 4.69) is 30.5 Å². The molecule has 0 aromatic rings. The molecule has 1 rings (SSSR count). The highest BCUT2D eigenvalue weighted by atomic mass is 16.6. The Bertz CT molecular complexity index is 468. The van der Waals surface area contributed by atoms with Crippen LogP contribution in [-0.4, -0.2) is 36.7 Å². The lowest BCUT2D eigenvalue weighted by Gasteiger charge is -2.37. The van der Waals surface area contributed by atoms with Crippen LogP contribution in [0.2, 0.25) is 0 Å². The molecule has 0 saturated carbocycles. The Morgan fingerprint density at radius 1 is 1.43 bits per heavy atom. The summed E-state index contributed by atoms with van der Waals surface area (Å²) in [5.74, 6) is 0. The van der Waals surface area contributed by atoms with Gasteiger partial charge < -0.3 is 10.1 Å². The number of rotatable bonds is 5. The lowest BCUT2D eigenvalue weighted by Crippen LogP contribution is -2.44. The number of likely N-dealkylation sites (N-methyl/N-ethyl adjacent to an activating group) is 1. The minimum Gasteiger partial charge on any atom is -0.443 e. The van der Waals surface area contributed by atoms with E-state index in [1.165, 1.54) is 5.57 Å². The van der Waals surface area contributed by atoms with Gasteiger partial charge >= 0.3 is 6.09 Å². The molecular weight excluding hydrogens is 264 g/mol. The average Bonchev–Trinajstić information content (AvgIpc) is 2.33. The number of nitrogens with zero attached hydrogens (tertiary/aromatic N) is 1.